The van der Waals surface area contributed by atoms with E-state index in [-0.39, 0.29) is 0 Å². The molecule has 6 nitrogen and oxygen atoms in total. The normalized spacial score (nSPS) is 34.5. The first-order valence-electron chi connectivity index (χ1n) is 7.46. The number of hydrogen-bond donors (Lipinski definition) is 2. The molecule has 0 bridgehead atoms. The molecule has 2 saturated heterocycles. The van der Waals surface area contributed by atoms with Crippen molar-refractivity contribution in [2.75, 3.05) is 6.61 Å². The lowest BCUT2D eigenvalue weighted by Gasteiger charge is -2.28. The van der Waals surface area contributed by atoms with E-state index < -0.39 is 43.1 Å². The highest BCUT2D eigenvalue weighted by Crippen LogP contribution is 2.39. The van der Waals surface area contributed by atoms with Crippen LogP contribution < -0.4 is 0 Å². The number of benzene rings is 1. The summed E-state index contributed by atoms with van der Waals surface area (Å²) in [5.74, 6) is -0.751. The Morgan fingerprint density at radius 1 is 1.23 bits per heavy atom. The van der Waals surface area contributed by atoms with Gasteiger partial charge in [-0.25, -0.2) is 0 Å². The van der Waals surface area contributed by atoms with Gasteiger partial charge in [-0.1, -0.05) is 30.3 Å². The largest absolute Gasteiger partial charge is 0.394 e. The molecule has 2 aliphatic rings. The zero-order chi connectivity index (χ0) is 15.7. The van der Waals surface area contributed by atoms with Gasteiger partial charge in [-0.15, -0.1) is 0 Å². The number of rotatable bonds is 5. The van der Waals surface area contributed by atoms with Crippen LogP contribution in [0.3, 0.4) is 0 Å². The summed E-state index contributed by atoms with van der Waals surface area (Å²) in [5.41, 5.74) is 1.02. The SMILES string of the molecule is CC1(C)O[C@H]2O[C@H]([C@@H](O)CO)[C@H](OCc3ccccc3)[C@@H]2O1. The van der Waals surface area contributed by atoms with Crippen LogP contribution in [0.25, 0.3) is 0 Å². The molecule has 0 aromatic heterocycles. The topological polar surface area (TPSA) is 77.4 Å². The molecule has 122 valence electrons. The molecule has 2 N–H and O–H groups in total. The highest BCUT2D eigenvalue weighted by molar-refractivity contribution is 5.13. The Morgan fingerprint density at radius 2 is 1.95 bits per heavy atom. The van der Waals surface area contributed by atoms with Crippen molar-refractivity contribution in [3.63, 3.8) is 0 Å². The van der Waals surface area contributed by atoms with E-state index in [4.69, 9.17) is 18.9 Å². The van der Waals surface area contributed by atoms with Gasteiger partial charge in [0.1, 0.15) is 24.4 Å². The fraction of sp³-hybridized carbons (Fsp3) is 0.625. The van der Waals surface area contributed by atoms with E-state index in [1.165, 1.54) is 0 Å². The van der Waals surface area contributed by atoms with Gasteiger partial charge in [0.15, 0.2) is 12.1 Å². The minimum Gasteiger partial charge on any atom is -0.394 e. The lowest BCUT2D eigenvalue weighted by atomic mass is 10.1. The molecule has 1 aromatic carbocycles. The van der Waals surface area contributed by atoms with Gasteiger partial charge in [-0.2, -0.15) is 0 Å². The molecule has 22 heavy (non-hydrogen) atoms. The Kier molecular flexibility index (Phi) is 4.49. The lowest BCUT2D eigenvalue weighted by molar-refractivity contribution is -0.232. The second-order valence-corrected chi connectivity index (χ2v) is 6.08. The Balaban J connectivity index is 1.71. The number of ether oxygens (including phenoxy) is 4. The van der Waals surface area contributed by atoms with Gasteiger partial charge in [0, 0.05) is 0 Å². The lowest BCUT2D eigenvalue weighted by Crippen LogP contribution is -2.44. The van der Waals surface area contributed by atoms with Crippen molar-refractivity contribution in [2.24, 2.45) is 0 Å². The Bertz CT molecular complexity index is 491. The number of aliphatic hydroxyl groups is 2. The van der Waals surface area contributed by atoms with Crippen LogP contribution in [0, 0.1) is 0 Å². The third-order valence-corrected chi connectivity index (χ3v) is 3.88. The molecule has 0 unspecified atom stereocenters. The van der Waals surface area contributed by atoms with Crippen molar-refractivity contribution >= 4 is 0 Å². The van der Waals surface area contributed by atoms with Crippen molar-refractivity contribution in [2.45, 2.75) is 56.9 Å². The predicted molar refractivity (Wildman–Crippen MR) is 76.8 cm³/mol. The van der Waals surface area contributed by atoms with E-state index in [9.17, 15) is 10.2 Å². The fourth-order valence-electron chi connectivity index (χ4n) is 2.87. The van der Waals surface area contributed by atoms with Crippen molar-refractivity contribution in [1.82, 2.24) is 0 Å². The molecule has 1 aromatic rings. The Labute approximate surface area is 129 Å². The summed E-state index contributed by atoms with van der Waals surface area (Å²) in [5, 5.41) is 19.1. The van der Waals surface area contributed by atoms with Crippen LogP contribution in [-0.2, 0) is 25.6 Å². The van der Waals surface area contributed by atoms with Crippen molar-refractivity contribution in [1.29, 1.82) is 0 Å². The van der Waals surface area contributed by atoms with Crippen molar-refractivity contribution in [3.8, 4) is 0 Å². The van der Waals surface area contributed by atoms with Gasteiger partial charge in [-0.3, -0.25) is 0 Å². The first-order valence-corrected chi connectivity index (χ1v) is 7.46. The van der Waals surface area contributed by atoms with Crippen LogP contribution in [0.1, 0.15) is 19.4 Å². The van der Waals surface area contributed by atoms with E-state index in [0.29, 0.717) is 6.61 Å². The first-order chi connectivity index (χ1) is 10.5. The van der Waals surface area contributed by atoms with Crippen LogP contribution in [0.2, 0.25) is 0 Å². The van der Waals surface area contributed by atoms with Gasteiger partial charge >= 0.3 is 0 Å². The van der Waals surface area contributed by atoms with Crippen molar-refractivity contribution < 1.29 is 29.2 Å². The highest BCUT2D eigenvalue weighted by atomic mass is 16.8. The molecular weight excluding hydrogens is 288 g/mol. The molecule has 2 fully saturated rings. The Hall–Kier alpha value is -1.02. The maximum atomic E-state index is 9.94. The average molecular weight is 310 g/mol. The summed E-state index contributed by atoms with van der Waals surface area (Å²) < 4.78 is 23.1. The van der Waals surface area contributed by atoms with E-state index >= 15 is 0 Å². The van der Waals surface area contributed by atoms with E-state index in [1.54, 1.807) is 13.8 Å². The summed E-state index contributed by atoms with van der Waals surface area (Å²) in [6, 6.07) is 9.73. The predicted octanol–water partition coefficient (Wildman–Crippen LogP) is 0.801. The molecule has 6 heteroatoms. The number of hydrogen-bond acceptors (Lipinski definition) is 6. The van der Waals surface area contributed by atoms with E-state index in [1.807, 2.05) is 30.3 Å². The van der Waals surface area contributed by atoms with Crippen LogP contribution in [0.5, 0.6) is 0 Å². The Morgan fingerprint density at radius 3 is 2.64 bits per heavy atom. The monoisotopic (exact) mass is 310 g/mol. The standard InChI is InChI=1S/C16H22O6/c1-16(2)21-14-13(19-9-10-6-4-3-5-7-10)12(11(18)8-17)20-15(14)22-16/h3-7,11-15,17-18H,8-9H2,1-2H3/t11-,12+,13-,14-,15+/m0/s1. The quantitative estimate of drug-likeness (QED) is 0.838. The van der Waals surface area contributed by atoms with Crippen LogP contribution in [-0.4, -0.2) is 53.3 Å². The smallest absolute Gasteiger partial charge is 0.190 e. The maximum Gasteiger partial charge on any atom is 0.190 e. The van der Waals surface area contributed by atoms with Gasteiger partial charge < -0.3 is 29.2 Å². The molecule has 0 amide bonds. The summed E-state index contributed by atoms with van der Waals surface area (Å²) in [6.45, 7) is 3.58. The summed E-state index contributed by atoms with van der Waals surface area (Å²) in [7, 11) is 0. The molecule has 5 atom stereocenters. The summed E-state index contributed by atoms with van der Waals surface area (Å²) in [4.78, 5) is 0. The third-order valence-electron chi connectivity index (χ3n) is 3.88. The molecule has 0 saturated carbocycles. The van der Waals surface area contributed by atoms with E-state index in [2.05, 4.69) is 0 Å². The van der Waals surface area contributed by atoms with Crippen LogP contribution in [0.15, 0.2) is 30.3 Å². The summed E-state index contributed by atoms with van der Waals surface area (Å²) >= 11 is 0. The van der Waals surface area contributed by atoms with Crippen molar-refractivity contribution in [3.05, 3.63) is 35.9 Å². The molecule has 2 heterocycles. The first kappa shape index (κ1) is 15.9. The molecule has 0 aliphatic carbocycles. The summed E-state index contributed by atoms with van der Waals surface area (Å²) in [6.07, 6.45) is -3.25. The van der Waals surface area contributed by atoms with Gasteiger partial charge in [0.25, 0.3) is 0 Å². The molecule has 0 spiro atoms. The minimum atomic E-state index is -1.04. The van der Waals surface area contributed by atoms with Gasteiger partial charge in [0.05, 0.1) is 13.2 Å². The zero-order valence-corrected chi connectivity index (χ0v) is 12.7. The highest BCUT2D eigenvalue weighted by Gasteiger charge is 2.56. The van der Waals surface area contributed by atoms with Gasteiger partial charge in [-0.05, 0) is 19.4 Å². The second-order valence-electron chi connectivity index (χ2n) is 6.08. The fourth-order valence-corrected chi connectivity index (χ4v) is 2.87. The number of aliphatic hydroxyl groups excluding tert-OH is 2. The van der Waals surface area contributed by atoms with Crippen LogP contribution >= 0.6 is 0 Å². The maximum absolute atomic E-state index is 9.94. The minimum absolute atomic E-state index is 0.372. The molecule has 2 aliphatic heterocycles. The molecular formula is C16H22O6. The van der Waals surface area contributed by atoms with E-state index in [0.717, 1.165) is 5.56 Å². The second kappa shape index (κ2) is 6.23. The third kappa shape index (κ3) is 3.17. The van der Waals surface area contributed by atoms with Gasteiger partial charge in [0.2, 0.25) is 0 Å². The zero-order valence-electron chi connectivity index (χ0n) is 12.7. The number of fused-ring (bicyclic) bond motifs is 1. The average Bonchev–Trinajstić information content (AvgIpc) is 2.97. The molecule has 0 radical (unpaired) electrons. The van der Waals surface area contributed by atoms with Crippen LogP contribution in [0.4, 0.5) is 0 Å². The molecule has 3 rings (SSSR count).